The largest absolute Gasteiger partial charge is 0.245 e. The summed E-state index contributed by atoms with van der Waals surface area (Å²) in [5.74, 6) is 0. The summed E-state index contributed by atoms with van der Waals surface area (Å²) in [5, 5.41) is 4.67. The number of rotatable bonds is 2. The highest BCUT2D eigenvalue weighted by Crippen LogP contribution is 2.30. The number of benzene rings is 4. The van der Waals surface area contributed by atoms with Gasteiger partial charge in [-0.1, -0.05) is 84.4 Å². The van der Waals surface area contributed by atoms with Gasteiger partial charge >= 0.3 is 0 Å². The zero-order chi connectivity index (χ0) is 20.8. The highest BCUT2D eigenvalue weighted by atomic mass is 14.8. The quantitative estimate of drug-likeness (QED) is 0.282. The third kappa shape index (κ3) is 3.13. The molecule has 0 atom stereocenters. The van der Waals surface area contributed by atoms with E-state index in [0.29, 0.717) is 0 Å². The molecule has 0 spiro atoms. The van der Waals surface area contributed by atoms with E-state index in [1.54, 1.807) is 0 Å². The van der Waals surface area contributed by atoms with Crippen LogP contribution in [0.3, 0.4) is 0 Å². The molecule has 0 aliphatic heterocycles. The van der Waals surface area contributed by atoms with Crippen molar-refractivity contribution >= 4 is 32.6 Å². The van der Waals surface area contributed by atoms with Crippen molar-refractivity contribution in [2.45, 2.75) is 6.92 Å². The molecule has 2 heterocycles. The number of fused-ring (bicyclic) bond motifs is 4. The zero-order valence-electron chi connectivity index (χ0n) is 17.2. The summed E-state index contributed by atoms with van der Waals surface area (Å²) >= 11 is 0. The normalized spacial score (nSPS) is 11.4. The molecule has 0 radical (unpaired) electrons. The van der Waals surface area contributed by atoms with Crippen molar-refractivity contribution in [3.05, 3.63) is 109 Å². The monoisotopic (exact) mass is 396 g/mol. The summed E-state index contributed by atoms with van der Waals surface area (Å²) in [5.41, 5.74) is 7.30. The summed E-state index contributed by atoms with van der Waals surface area (Å²) in [6.45, 7) is 2.11. The van der Waals surface area contributed by atoms with Gasteiger partial charge in [-0.3, -0.25) is 0 Å². The van der Waals surface area contributed by atoms with E-state index in [1.165, 1.54) is 16.3 Å². The average Bonchev–Trinajstić information content (AvgIpc) is 2.83. The highest BCUT2D eigenvalue weighted by Gasteiger charge is 2.09. The van der Waals surface area contributed by atoms with Gasteiger partial charge in [0.05, 0.1) is 22.4 Å². The fourth-order valence-electron chi connectivity index (χ4n) is 4.24. The minimum atomic E-state index is 0.942. The summed E-state index contributed by atoms with van der Waals surface area (Å²) in [7, 11) is 0. The maximum absolute atomic E-state index is 5.07. The Hall–Kier alpha value is -4.04. The van der Waals surface area contributed by atoms with Crippen LogP contribution < -0.4 is 0 Å². The van der Waals surface area contributed by atoms with Gasteiger partial charge in [0, 0.05) is 21.9 Å². The van der Waals surface area contributed by atoms with E-state index in [2.05, 4.69) is 110 Å². The Labute approximate surface area is 180 Å². The van der Waals surface area contributed by atoms with Gasteiger partial charge in [-0.15, -0.1) is 0 Å². The third-order valence-electron chi connectivity index (χ3n) is 5.88. The van der Waals surface area contributed by atoms with Gasteiger partial charge in [-0.05, 0) is 42.0 Å². The number of aromatic nitrogens is 2. The maximum atomic E-state index is 5.07. The molecule has 0 N–H and O–H groups in total. The lowest BCUT2D eigenvalue weighted by molar-refractivity contribution is 1.36. The molecule has 6 rings (SSSR count). The first kappa shape index (κ1) is 17.8. The topological polar surface area (TPSA) is 25.8 Å². The second-order valence-corrected chi connectivity index (χ2v) is 8.03. The molecular weight excluding hydrogens is 376 g/mol. The molecule has 31 heavy (non-hydrogen) atoms. The summed E-state index contributed by atoms with van der Waals surface area (Å²) in [6, 6.07) is 36.1. The predicted molar refractivity (Wildman–Crippen MR) is 130 cm³/mol. The Morgan fingerprint density at radius 2 is 1.03 bits per heavy atom. The van der Waals surface area contributed by atoms with Gasteiger partial charge in [0.2, 0.25) is 0 Å². The molecule has 0 aliphatic rings. The molecule has 2 aromatic heterocycles. The Morgan fingerprint density at radius 3 is 1.71 bits per heavy atom. The van der Waals surface area contributed by atoms with Crippen LogP contribution in [0.2, 0.25) is 0 Å². The smallest absolute Gasteiger partial charge is 0.0972 e. The molecule has 0 unspecified atom stereocenters. The van der Waals surface area contributed by atoms with E-state index in [9.17, 15) is 0 Å². The first-order valence-electron chi connectivity index (χ1n) is 10.5. The van der Waals surface area contributed by atoms with Crippen molar-refractivity contribution in [3.8, 4) is 22.5 Å². The minimum Gasteiger partial charge on any atom is -0.245 e. The number of hydrogen-bond acceptors (Lipinski definition) is 2. The Morgan fingerprint density at radius 1 is 0.452 bits per heavy atom. The van der Waals surface area contributed by atoms with Gasteiger partial charge in [0.1, 0.15) is 0 Å². The van der Waals surface area contributed by atoms with Crippen molar-refractivity contribution in [1.29, 1.82) is 0 Å². The van der Waals surface area contributed by atoms with Crippen molar-refractivity contribution in [2.24, 2.45) is 0 Å². The van der Waals surface area contributed by atoms with Crippen LogP contribution >= 0.6 is 0 Å². The van der Waals surface area contributed by atoms with Crippen LogP contribution in [0.4, 0.5) is 0 Å². The lowest BCUT2D eigenvalue weighted by atomic mass is 10.0. The molecule has 0 amide bonds. The molecule has 0 aliphatic carbocycles. The fourth-order valence-corrected chi connectivity index (χ4v) is 4.24. The summed E-state index contributed by atoms with van der Waals surface area (Å²) < 4.78 is 0. The van der Waals surface area contributed by atoms with Crippen molar-refractivity contribution < 1.29 is 0 Å². The number of hydrogen-bond donors (Lipinski definition) is 0. The average molecular weight is 396 g/mol. The zero-order valence-corrected chi connectivity index (χ0v) is 17.2. The Kier molecular flexibility index (Phi) is 4.03. The second-order valence-electron chi connectivity index (χ2n) is 8.03. The van der Waals surface area contributed by atoms with Gasteiger partial charge in [-0.25, -0.2) is 9.97 Å². The first-order valence-corrected chi connectivity index (χ1v) is 10.5. The minimum absolute atomic E-state index is 0.942. The van der Waals surface area contributed by atoms with Crippen LogP contribution in [-0.4, -0.2) is 9.97 Å². The molecule has 0 fully saturated rings. The van der Waals surface area contributed by atoms with Crippen LogP contribution in [0.1, 0.15) is 5.56 Å². The number of nitrogens with zero attached hydrogens (tertiary/aromatic N) is 2. The van der Waals surface area contributed by atoms with Gasteiger partial charge in [0.25, 0.3) is 0 Å². The molecule has 6 aromatic rings. The Bertz CT molecular complexity index is 1600. The lowest BCUT2D eigenvalue weighted by Crippen LogP contribution is -1.91. The molecule has 2 heteroatoms. The molecule has 4 aromatic carbocycles. The molecule has 146 valence electrons. The molecule has 0 saturated heterocycles. The molecule has 0 saturated carbocycles. The first-order chi connectivity index (χ1) is 15.2. The maximum Gasteiger partial charge on any atom is 0.0972 e. The fraction of sp³-hybridized carbons (Fsp3) is 0.0345. The SMILES string of the molecule is Cc1cccc(-c2ccc3ccc4ccc(-c5ccc6ccccc6c5)nc4c3n2)c1. The standard InChI is InChI=1S/C29H20N2/c1-19-5-4-8-24(17-19)26-15-13-21-10-11-22-14-16-27(31-29(22)28(21)30-26)25-12-9-20-6-2-3-7-23(20)18-25/h2-18H,1H3. The van der Waals surface area contributed by atoms with E-state index in [-0.39, 0.29) is 0 Å². The van der Waals surface area contributed by atoms with E-state index in [1.807, 2.05) is 0 Å². The summed E-state index contributed by atoms with van der Waals surface area (Å²) in [6.07, 6.45) is 0. The highest BCUT2D eigenvalue weighted by molar-refractivity contribution is 6.04. The number of pyridine rings is 2. The van der Waals surface area contributed by atoms with Crippen LogP contribution in [0.15, 0.2) is 103 Å². The molecule has 0 bridgehead atoms. The van der Waals surface area contributed by atoms with Gasteiger partial charge < -0.3 is 0 Å². The third-order valence-corrected chi connectivity index (χ3v) is 5.88. The van der Waals surface area contributed by atoms with Crippen LogP contribution in [0, 0.1) is 6.92 Å². The van der Waals surface area contributed by atoms with Gasteiger partial charge in [-0.2, -0.15) is 0 Å². The van der Waals surface area contributed by atoms with Crippen LogP contribution in [0.5, 0.6) is 0 Å². The van der Waals surface area contributed by atoms with E-state index >= 15 is 0 Å². The van der Waals surface area contributed by atoms with Crippen LogP contribution in [-0.2, 0) is 0 Å². The number of aryl methyl sites for hydroxylation is 1. The van der Waals surface area contributed by atoms with Crippen LogP contribution in [0.25, 0.3) is 55.1 Å². The predicted octanol–water partition coefficient (Wildman–Crippen LogP) is 7.58. The second kappa shape index (κ2) is 7.03. The van der Waals surface area contributed by atoms with E-state index < -0.39 is 0 Å². The molecule has 2 nitrogen and oxygen atoms in total. The molecular formula is C29H20N2. The lowest BCUT2D eigenvalue weighted by Gasteiger charge is -2.09. The summed E-state index contributed by atoms with van der Waals surface area (Å²) in [4.78, 5) is 10.1. The van der Waals surface area contributed by atoms with Crippen molar-refractivity contribution in [2.75, 3.05) is 0 Å². The van der Waals surface area contributed by atoms with Crippen molar-refractivity contribution in [3.63, 3.8) is 0 Å². The Balaban J connectivity index is 1.56. The van der Waals surface area contributed by atoms with E-state index in [0.717, 1.165) is 44.3 Å². The van der Waals surface area contributed by atoms with Gasteiger partial charge in [0.15, 0.2) is 0 Å². The van der Waals surface area contributed by atoms with Crippen molar-refractivity contribution in [1.82, 2.24) is 9.97 Å². The van der Waals surface area contributed by atoms with E-state index in [4.69, 9.17) is 9.97 Å².